The zero-order valence-corrected chi connectivity index (χ0v) is 11.6. The second-order valence-corrected chi connectivity index (χ2v) is 4.71. The van der Waals surface area contributed by atoms with Crippen LogP contribution in [-0.4, -0.2) is 25.6 Å². The summed E-state index contributed by atoms with van der Waals surface area (Å²) in [6.45, 7) is 1.86. The van der Waals surface area contributed by atoms with Crippen LogP contribution in [0.25, 0.3) is 5.65 Å². The molecule has 22 heavy (non-hydrogen) atoms. The van der Waals surface area contributed by atoms with E-state index in [1.165, 1.54) is 10.5 Å². The zero-order valence-electron chi connectivity index (χ0n) is 11.6. The van der Waals surface area contributed by atoms with Crippen molar-refractivity contribution in [3.05, 3.63) is 53.9 Å². The van der Waals surface area contributed by atoms with Gasteiger partial charge in [-0.05, 0) is 36.8 Å². The van der Waals surface area contributed by atoms with Gasteiger partial charge in [-0.15, -0.1) is 10.2 Å². The molecular formula is C15H12N4O3. The number of imidazole rings is 1. The molecule has 110 valence electrons. The van der Waals surface area contributed by atoms with E-state index < -0.39 is 5.97 Å². The molecule has 0 unspecified atom stereocenters. The number of nitrogens with zero attached hydrogens (tertiary/aromatic N) is 4. The molecule has 0 aliphatic carbocycles. The Morgan fingerprint density at radius 1 is 1.23 bits per heavy atom. The van der Waals surface area contributed by atoms with E-state index in [9.17, 15) is 15.0 Å². The van der Waals surface area contributed by atoms with Gasteiger partial charge in [0.25, 0.3) is 0 Å². The van der Waals surface area contributed by atoms with Gasteiger partial charge in [-0.2, -0.15) is 0 Å². The fourth-order valence-electron chi connectivity index (χ4n) is 2.04. The van der Waals surface area contributed by atoms with Crippen LogP contribution in [0.5, 0.6) is 5.75 Å². The van der Waals surface area contributed by atoms with E-state index in [1.54, 1.807) is 36.5 Å². The zero-order chi connectivity index (χ0) is 15.7. The fourth-order valence-corrected chi connectivity index (χ4v) is 2.04. The van der Waals surface area contributed by atoms with Gasteiger partial charge in [0.05, 0.1) is 0 Å². The predicted octanol–water partition coefficient (Wildman–Crippen LogP) is 3.46. The van der Waals surface area contributed by atoms with Gasteiger partial charge >= 0.3 is 5.97 Å². The van der Waals surface area contributed by atoms with Crippen molar-refractivity contribution in [2.45, 2.75) is 6.92 Å². The smallest absolute Gasteiger partial charge is 0.358 e. The normalized spacial score (nSPS) is 11.3. The molecule has 0 atom stereocenters. The van der Waals surface area contributed by atoms with Crippen molar-refractivity contribution in [2.75, 3.05) is 0 Å². The number of phenolic OH excluding ortho intramolecular Hbond substituents is 1. The summed E-state index contributed by atoms with van der Waals surface area (Å²) in [4.78, 5) is 15.3. The van der Waals surface area contributed by atoms with Crippen LogP contribution >= 0.6 is 0 Å². The lowest BCUT2D eigenvalue weighted by atomic mass is 10.2. The highest BCUT2D eigenvalue weighted by atomic mass is 16.4. The summed E-state index contributed by atoms with van der Waals surface area (Å²) in [6.07, 6.45) is 1.65. The maximum atomic E-state index is 11.3. The lowest BCUT2D eigenvalue weighted by Gasteiger charge is -1.99. The number of azo groups is 1. The molecule has 0 spiro atoms. The minimum atomic E-state index is -1.19. The number of fused-ring (bicyclic) bond motifs is 1. The number of aromatic carboxylic acids is 1. The van der Waals surface area contributed by atoms with E-state index in [0.717, 1.165) is 5.56 Å². The van der Waals surface area contributed by atoms with Crippen molar-refractivity contribution in [3.63, 3.8) is 0 Å². The minimum absolute atomic E-state index is 0.0277. The predicted molar refractivity (Wildman–Crippen MR) is 79.2 cm³/mol. The van der Waals surface area contributed by atoms with Crippen LogP contribution in [0, 0.1) is 6.92 Å². The van der Waals surface area contributed by atoms with Gasteiger partial charge in [-0.25, -0.2) is 9.78 Å². The van der Waals surface area contributed by atoms with Crippen molar-refractivity contribution in [1.29, 1.82) is 0 Å². The van der Waals surface area contributed by atoms with Crippen LogP contribution in [0.15, 0.2) is 52.8 Å². The van der Waals surface area contributed by atoms with Gasteiger partial charge < -0.3 is 10.2 Å². The van der Waals surface area contributed by atoms with Crippen LogP contribution in [0.1, 0.15) is 16.1 Å². The number of phenols is 1. The summed E-state index contributed by atoms with van der Waals surface area (Å²) >= 11 is 0. The molecule has 7 nitrogen and oxygen atoms in total. The number of hydrogen-bond acceptors (Lipinski definition) is 5. The molecule has 2 N–H and O–H groups in total. The number of carboxylic acids is 1. The Bertz CT molecular complexity index is 899. The largest absolute Gasteiger partial charge is 0.506 e. The highest BCUT2D eigenvalue weighted by Gasteiger charge is 2.18. The van der Waals surface area contributed by atoms with Crippen molar-refractivity contribution in [1.82, 2.24) is 9.38 Å². The molecule has 1 aromatic carbocycles. The van der Waals surface area contributed by atoms with E-state index in [-0.39, 0.29) is 22.9 Å². The highest BCUT2D eigenvalue weighted by Crippen LogP contribution is 2.30. The Morgan fingerprint density at radius 2 is 2.05 bits per heavy atom. The molecular weight excluding hydrogens is 284 g/mol. The molecule has 0 radical (unpaired) electrons. The number of aromatic nitrogens is 2. The van der Waals surface area contributed by atoms with E-state index in [1.807, 2.05) is 6.92 Å². The first-order valence-electron chi connectivity index (χ1n) is 6.48. The number of aryl methyl sites for hydroxylation is 1. The fraction of sp³-hybridized carbons (Fsp3) is 0.0667. The summed E-state index contributed by atoms with van der Waals surface area (Å²) in [6, 6.07) is 10.1. The lowest BCUT2D eigenvalue weighted by Crippen LogP contribution is -1.96. The molecule has 0 fully saturated rings. The molecule has 3 aromatic rings. The van der Waals surface area contributed by atoms with E-state index in [2.05, 4.69) is 15.2 Å². The second kappa shape index (κ2) is 5.28. The van der Waals surface area contributed by atoms with Crippen LogP contribution in [0.2, 0.25) is 0 Å². The number of rotatable bonds is 3. The van der Waals surface area contributed by atoms with Crippen LogP contribution in [0.4, 0.5) is 11.5 Å². The monoisotopic (exact) mass is 296 g/mol. The standard InChI is InChI=1S/C15H12N4O3/c1-9-5-6-11(20)10(8-9)17-18-14-13(15(21)22)16-12-4-2-3-7-19(12)14/h2-8,20H,1H3,(H,21,22). The first-order valence-corrected chi connectivity index (χ1v) is 6.48. The molecule has 0 amide bonds. The summed E-state index contributed by atoms with van der Waals surface area (Å²) in [5.74, 6) is -1.12. The Kier molecular flexibility index (Phi) is 3.30. The molecule has 3 rings (SSSR count). The number of carbonyl (C=O) groups is 1. The third kappa shape index (κ3) is 2.39. The lowest BCUT2D eigenvalue weighted by molar-refractivity contribution is 0.0692. The summed E-state index contributed by atoms with van der Waals surface area (Å²) < 4.78 is 1.53. The van der Waals surface area contributed by atoms with Crippen molar-refractivity contribution in [2.24, 2.45) is 10.2 Å². The van der Waals surface area contributed by atoms with Gasteiger partial charge in [0, 0.05) is 6.20 Å². The maximum Gasteiger partial charge on any atom is 0.358 e. The Morgan fingerprint density at radius 3 is 2.82 bits per heavy atom. The highest BCUT2D eigenvalue weighted by molar-refractivity contribution is 5.91. The topological polar surface area (TPSA) is 99.5 Å². The molecule has 2 heterocycles. The Labute approximate surface area is 125 Å². The van der Waals surface area contributed by atoms with Crippen molar-refractivity contribution in [3.8, 4) is 5.75 Å². The number of hydrogen-bond donors (Lipinski definition) is 2. The molecule has 0 aliphatic rings. The number of carboxylic acid groups (broad SMARTS) is 1. The minimum Gasteiger partial charge on any atom is -0.506 e. The quantitative estimate of drug-likeness (QED) is 0.723. The number of aromatic hydroxyl groups is 1. The molecule has 7 heteroatoms. The van der Waals surface area contributed by atoms with Gasteiger partial charge in [-0.3, -0.25) is 4.40 Å². The van der Waals surface area contributed by atoms with Gasteiger partial charge in [0.1, 0.15) is 17.1 Å². The average molecular weight is 296 g/mol. The molecule has 0 bridgehead atoms. The SMILES string of the molecule is Cc1ccc(O)c(N=Nc2c(C(=O)O)nc3ccccn23)c1. The number of pyridine rings is 1. The summed E-state index contributed by atoms with van der Waals surface area (Å²) in [5, 5.41) is 26.9. The maximum absolute atomic E-state index is 11.3. The molecule has 0 saturated carbocycles. The second-order valence-electron chi connectivity index (χ2n) is 4.71. The van der Waals surface area contributed by atoms with Crippen molar-refractivity contribution >= 4 is 23.1 Å². The molecule has 0 saturated heterocycles. The third-order valence-electron chi connectivity index (χ3n) is 3.09. The Balaban J connectivity index is 2.13. The van der Waals surface area contributed by atoms with Crippen LogP contribution in [0.3, 0.4) is 0 Å². The van der Waals surface area contributed by atoms with Gasteiger partial charge in [0.2, 0.25) is 0 Å². The average Bonchev–Trinajstić information content (AvgIpc) is 2.87. The van der Waals surface area contributed by atoms with Crippen molar-refractivity contribution < 1.29 is 15.0 Å². The Hall–Kier alpha value is -3.22. The van der Waals surface area contributed by atoms with Crippen LogP contribution < -0.4 is 0 Å². The van der Waals surface area contributed by atoms with E-state index in [0.29, 0.717) is 5.65 Å². The molecule has 0 aliphatic heterocycles. The first kappa shape index (κ1) is 13.7. The van der Waals surface area contributed by atoms with Gasteiger partial charge in [-0.1, -0.05) is 12.1 Å². The summed E-state index contributed by atoms with van der Waals surface area (Å²) in [7, 11) is 0. The molecule has 2 aromatic heterocycles. The first-order chi connectivity index (χ1) is 10.6. The van der Waals surface area contributed by atoms with Crippen LogP contribution in [-0.2, 0) is 0 Å². The summed E-state index contributed by atoms with van der Waals surface area (Å²) in [5.41, 5.74) is 1.44. The van der Waals surface area contributed by atoms with E-state index >= 15 is 0 Å². The number of benzene rings is 1. The third-order valence-corrected chi connectivity index (χ3v) is 3.09. The van der Waals surface area contributed by atoms with E-state index in [4.69, 9.17) is 0 Å². The van der Waals surface area contributed by atoms with Gasteiger partial charge in [0.15, 0.2) is 11.5 Å².